The number of hydrogen-bond acceptors (Lipinski definition) is 7. The molecular formula is C28H28ClF3N4O5S. The molecule has 0 aliphatic rings. The molecule has 14 heteroatoms. The molecular weight excluding hydrogens is 597 g/mol. The highest BCUT2D eigenvalue weighted by Gasteiger charge is 2.47. The minimum atomic E-state index is -4.79. The Labute approximate surface area is 245 Å². The highest BCUT2D eigenvalue weighted by Crippen LogP contribution is 2.44. The number of nitrogens with two attached hydrogens (primary N) is 1. The predicted molar refractivity (Wildman–Crippen MR) is 153 cm³/mol. The quantitative estimate of drug-likeness (QED) is 0.254. The van der Waals surface area contributed by atoms with Gasteiger partial charge in [-0.1, -0.05) is 23.7 Å². The van der Waals surface area contributed by atoms with Crippen LogP contribution in [0.4, 0.5) is 13.2 Å². The molecule has 0 aliphatic heterocycles. The molecule has 0 spiro atoms. The molecule has 2 aromatic heterocycles. The molecule has 0 bridgehead atoms. The van der Waals surface area contributed by atoms with Crippen molar-refractivity contribution >= 4 is 32.5 Å². The van der Waals surface area contributed by atoms with E-state index in [0.29, 0.717) is 22.6 Å². The van der Waals surface area contributed by atoms with E-state index in [1.54, 1.807) is 31.5 Å². The van der Waals surface area contributed by atoms with Crippen LogP contribution in [0, 0.1) is 0 Å². The Morgan fingerprint density at radius 3 is 2.45 bits per heavy atom. The van der Waals surface area contributed by atoms with Crippen molar-refractivity contribution in [2.75, 3.05) is 13.7 Å². The molecule has 0 aliphatic carbocycles. The number of pyridine rings is 1. The monoisotopic (exact) mass is 624 g/mol. The molecule has 1 atom stereocenters. The molecule has 42 heavy (non-hydrogen) atoms. The van der Waals surface area contributed by atoms with Crippen molar-refractivity contribution in [3.05, 3.63) is 81.7 Å². The molecule has 0 unspecified atom stereocenters. The summed E-state index contributed by atoms with van der Waals surface area (Å²) in [5.41, 5.74) is 0.618. The Bertz CT molecular complexity index is 1780. The maximum absolute atomic E-state index is 14.0. The normalized spacial score (nSPS) is 13.2. The molecule has 2 N–H and O–H groups in total. The van der Waals surface area contributed by atoms with Gasteiger partial charge >= 0.3 is 6.18 Å². The molecule has 0 radical (unpaired) electrons. The third kappa shape index (κ3) is 6.85. The van der Waals surface area contributed by atoms with E-state index in [1.807, 2.05) is 6.07 Å². The van der Waals surface area contributed by atoms with Gasteiger partial charge in [-0.15, -0.1) is 0 Å². The molecule has 9 nitrogen and oxygen atoms in total. The largest absolute Gasteiger partial charge is 0.497 e. The summed E-state index contributed by atoms with van der Waals surface area (Å²) in [4.78, 5) is 16.8. The molecule has 2 heterocycles. The smallest absolute Gasteiger partial charge is 0.395 e. The summed E-state index contributed by atoms with van der Waals surface area (Å²) in [6.45, 7) is 2.44. The van der Waals surface area contributed by atoms with Gasteiger partial charge in [0.15, 0.2) is 0 Å². The molecule has 0 fully saturated rings. The second kappa shape index (κ2) is 11.9. The average Bonchev–Trinajstić information content (AvgIpc) is 2.91. The van der Waals surface area contributed by atoms with E-state index in [-0.39, 0.29) is 29.4 Å². The van der Waals surface area contributed by atoms with Gasteiger partial charge in [0.1, 0.15) is 18.1 Å². The molecule has 2 aromatic carbocycles. The molecule has 0 amide bonds. The van der Waals surface area contributed by atoms with Crippen LogP contribution in [0.15, 0.2) is 65.6 Å². The van der Waals surface area contributed by atoms with Gasteiger partial charge < -0.3 is 9.47 Å². The lowest BCUT2D eigenvalue weighted by atomic mass is 9.88. The van der Waals surface area contributed by atoms with E-state index in [2.05, 4.69) is 10.1 Å². The highest BCUT2D eigenvalue weighted by atomic mass is 35.5. The van der Waals surface area contributed by atoms with E-state index in [1.165, 1.54) is 35.0 Å². The van der Waals surface area contributed by atoms with Crippen molar-refractivity contribution in [3.63, 3.8) is 0 Å². The Morgan fingerprint density at radius 1 is 1.07 bits per heavy atom. The summed E-state index contributed by atoms with van der Waals surface area (Å²) in [6, 6.07) is 13.6. The summed E-state index contributed by atoms with van der Waals surface area (Å²) in [5, 5.41) is 10.0. The summed E-state index contributed by atoms with van der Waals surface area (Å²) in [7, 11) is -2.73. The standard InChI is InChI=1S/C28H28ClF3N4O5S/c1-27(2,42(33,38)39)16-21(28(30,31)32)19-6-4-17(14-22(19)29)23-8-9-26(37)36(35-23)12-13-41-25-10-11-34-24-15-18(40-3)5-7-20(24)25/h4-11,14-15,21H,12-13,16H2,1-3H3,(H2,33,38,39)/t21-/m1/s1. The van der Waals surface area contributed by atoms with E-state index in [9.17, 15) is 26.4 Å². The number of ether oxygens (including phenoxy) is 2. The van der Waals surface area contributed by atoms with Gasteiger partial charge in [-0.25, -0.2) is 18.2 Å². The zero-order chi connectivity index (χ0) is 30.9. The van der Waals surface area contributed by atoms with Gasteiger partial charge in [-0.05, 0) is 56.2 Å². The van der Waals surface area contributed by atoms with Crippen LogP contribution in [0.2, 0.25) is 5.02 Å². The minimum Gasteiger partial charge on any atom is -0.497 e. The van der Waals surface area contributed by atoms with Crippen LogP contribution in [-0.4, -0.2) is 47.8 Å². The number of primary sulfonamides is 1. The first-order valence-corrected chi connectivity index (χ1v) is 14.6. The van der Waals surface area contributed by atoms with Crippen molar-refractivity contribution in [1.82, 2.24) is 14.8 Å². The number of methoxy groups -OCH3 is 1. The molecule has 4 aromatic rings. The maximum atomic E-state index is 14.0. The van der Waals surface area contributed by atoms with Gasteiger partial charge in [0.25, 0.3) is 5.56 Å². The Morgan fingerprint density at radius 2 is 1.81 bits per heavy atom. The topological polar surface area (TPSA) is 126 Å². The lowest BCUT2D eigenvalue weighted by Crippen LogP contribution is -2.41. The van der Waals surface area contributed by atoms with Crippen LogP contribution in [0.1, 0.15) is 31.7 Å². The number of alkyl halides is 3. The van der Waals surface area contributed by atoms with E-state index in [4.69, 9.17) is 26.2 Å². The van der Waals surface area contributed by atoms with Gasteiger partial charge in [-0.2, -0.15) is 18.3 Å². The fourth-order valence-corrected chi connectivity index (χ4v) is 5.05. The fourth-order valence-electron chi connectivity index (χ4n) is 4.34. The predicted octanol–water partition coefficient (Wildman–Crippen LogP) is 5.30. The number of nitrogens with zero attached hydrogens (tertiary/aromatic N) is 3. The minimum absolute atomic E-state index is 0.0806. The third-order valence-electron chi connectivity index (χ3n) is 6.87. The van der Waals surface area contributed by atoms with Crippen LogP contribution in [-0.2, 0) is 16.6 Å². The van der Waals surface area contributed by atoms with Gasteiger partial charge in [0.05, 0.1) is 35.5 Å². The average molecular weight is 625 g/mol. The van der Waals surface area contributed by atoms with E-state index >= 15 is 0 Å². The first-order valence-electron chi connectivity index (χ1n) is 12.6. The summed E-state index contributed by atoms with van der Waals surface area (Å²) >= 11 is 6.30. The van der Waals surface area contributed by atoms with Gasteiger partial charge in [-0.3, -0.25) is 9.78 Å². The van der Waals surface area contributed by atoms with Crippen LogP contribution >= 0.6 is 11.6 Å². The highest BCUT2D eigenvalue weighted by molar-refractivity contribution is 7.90. The van der Waals surface area contributed by atoms with Crippen molar-refractivity contribution < 1.29 is 31.1 Å². The zero-order valence-electron chi connectivity index (χ0n) is 22.9. The fraction of sp³-hybridized carbons (Fsp3) is 0.321. The van der Waals surface area contributed by atoms with Crippen molar-refractivity contribution in [1.29, 1.82) is 0 Å². The number of hydrogen-bond donors (Lipinski definition) is 1. The SMILES string of the molecule is COc1ccc2c(OCCn3nc(-c4ccc([C@@H](CC(C)(C)S(N)(=O)=O)C(F)(F)F)c(Cl)c4)ccc3=O)ccnc2c1. The number of fused-ring (bicyclic) bond motifs is 1. The lowest BCUT2D eigenvalue weighted by molar-refractivity contribution is -0.153. The first-order chi connectivity index (χ1) is 19.6. The number of aromatic nitrogens is 3. The Kier molecular flexibility index (Phi) is 8.86. The molecule has 0 saturated carbocycles. The third-order valence-corrected chi connectivity index (χ3v) is 8.90. The number of rotatable bonds is 10. The first kappa shape index (κ1) is 31.3. The summed E-state index contributed by atoms with van der Waals surface area (Å²) < 4.78 is 76.3. The van der Waals surface area contributed by atoms with Crippen molar-refractivity contribution in [3.8, 4) is 22.8 Å². The Hall–Kier alpha value is -3.68. The molecule has 0 saturated heterocycles. The summed E-state index contributed by atoms with van der Waals surface area (Å²) in [6.07, 6.45) is -4.02. The van der Waals surface area contributed by atoms with Crippen LogP contribution in [0.5, 0.6) is 11.5 Å². The second-order valence-electron chi connectivity index (χ2n) is 10.2. The van der Waals surface area contributed by atoms with E-state index < -0.39 is 38.8 Å². The van der Waals surface area contributed by atoms with Crippen LogP contribution in [0.25, 0.3) is 22.2 Å². The number of sulfonamides is 1. The maximum Gasteiger partial charge on any atom is 0.395 e. The number of benzene rings is 2. The van der Waals surface area contributed by atoms with E-state index in [0.717, 1.165) is 19.2 Å². The van der Waals surface area contributed by atoms with Gasteiger partial charge in [0, 0.05) is 34.3 Å². The van der Waals surface area contributed by atoms with Crippen molar-refractivity contribution in [2.45, 2.75) is 43.7 Å². The molecule has 4 rings (SSSR count). The van der Waals surface area contributed by atoms with Crippen molar-refractivity contribution in [2.24, 2.45) is 5.14 Å². The number of halogens is 4. The second-order valence-corrected chi connectivity index (χ2v) is 12.8. The Balaban J connectivity index is 1.55. The zero-order valence-corrected chi connectivity index (χ0v) is 24.4. The van der Waals surface area contributed by atoms with Crippen LogP contribution in [0.3, 0.4) is 0 Å². The summed E-state index contributed by atoms with van der Waals surface area (Å²) in [5.74, 6) is -0.982. The van der Waals surface area contributed by atoms with Gasteiger partial charge in [0.2, 0.25) is 10.0 Å². The lowest BCUT2D eigenvalue weighted by Gasteiger charge is -2.30. The van der Waals surface area contributed by atoms with Crippen LogP contribution < -0.4 is 20.2 Å². The molecule has 224 valence electrons.